The zero-order valence-electron chi connectivity index (χ0n) is 6.65. The van der Waals surface area contributed by atoms with Crippen molar-refractivity contribution in [2.75, 3.05) is 5.88 Å². The molecule has 0 fully saturated rings. The lowest BCUT2D eigenvalue weighted by atomic mass is 9.97. The molecule has 0 amide bonds. The number of rotatable bonds is 4. The first-order chi connectivity index (χ1) is 4.16. The van der Waals surface area contributed by atoms with E-state index in [2.05, 4.69) is 20.8 Å². The standard InChI is InChI=1S/C8H17Cl/c1-7(2)6-8(3)4-5-9/h7-8H,4-6H2,1-3H3. The summed E-state index contributed by atoms with van der Waals surface area (Å²) in [7, 11) is 0. The van der Waals surface area contributed by atoms with Gasteiger partial charge < -0.3 is 0 Å². The highest BCUT2D eigenvalue weighted by molar-refractivity contribution is 6.17. The monoisotopic (exact) mass is 148 g/mol. The summed E-state index contributed by atoms with van der Waals surface area (Å²) in [4.78, 5) is 0. The second kappa shape index (κ2) is 5.10. The average molecular weight is 149 g/mol. The van der Waals surface area contributed by atoms with Crippen molar-refractivity contribution in [3.8, 4) is 0 Å². The van der Waals surface area contributed by atoms with Crippen LogP contribution in [0.5, 0.6) is 0 Å². The molecule has 0 saturated carbocycles. The van der Waals surface area contributed by atoms with E-state index in [0.717, 1.165) is 17.7 Å². The molecule has 0 aliphatic rings. The van der Waals surface area contributed by atoms with Gasteiger partial charge in [-0.3, -0.25) is 0 Å². The molecule has 0 aromatic rings. The van der Waals surface area contributed by atoms with E-state index in [-0.39, 0.29) is 0 Å². The molecule has 56 valence electrons. The first-order valence-corrected chi connectivity index (χ1v) is 4.26. The van der Waals surface area contributed by atoms with Crippen molar-refractivity contribution >= 4 is 11.6 Å². The number of halogens is 1. The second-order valence-corrected chi connectivity index (χ2v) is 3.59. The van der Waals surface area contributed by atoms with Gasteiger partial charge in [0.1, 0.15) is 0 Å². The molecule has 0 aliphatic heterocycles. The largest absolute Gasteiger partial charge is 0.127 e. The topological polar surface area (TPSA) is 0 Å². The Balaban J connectivity index is 3.15. The van der Waals surface area contributed by atoms with Crippen LogP contribution in [-0.4, -0.2) is 5.88 Å². The minimum absolute atomic E-state index is 0.808. The molecule has 1 unspecified atom stereocenters. The van der Waals surface area contributed by atoms with Crippen molar-refractivity contribution in [2.45, 2.75) is 33.6 Å². The third kappa shape index (κ3) is 6.17. The fourth-order valence-corrected chi connectivity index (χ4v) is 1.48. The lowest BCUT2D eigenvalue weighted by molar-refractivity contribution is 0.430. The third-order valence-corrected chi connectivity index (χ3v) is 1.69. The van der Waals surface area contributed by atoms with Crippen LogP contribution >= 0.6 is 11.6 Å². The molecule has 0 saturated heterocycles. The van der Waals surface area contributed by atoms with Crippen LogP contribution in [0.2, 0.25) is 0 Å². The van der Waals surface area contributed by atoms with Gasteiger partial charge in [-0.25, -0.2) is 0 Å². The van der Waals surface area contributed by atoms with Crippen molar-refractivity contribution in [1.82, 2.24) is 0 Å². The van der Waals surface area contributed by atoms with Gasteiger partial charge in [-0.1, -0.05) is 20.8 Å². The van der Waals surface area contributed by atoms with Gasteiger partial charge in [-0.2, -0.15) is 0 Å². The molecular weight excluding hydrogens is 132 g/mol. The fraction of sp³-hybridized carbons (Fsp3) is 1.00. The summed E-state index contributed by atoms with van der Waals surface area (Å²) in [6.07, 6.45) is 2.48. The fourth-order valence-electron chi connectivity index (χ4n) is 1.11. The van der Waals surface area contributed by atoms with E-state index in [1.165, 1.54) is 12.8 Å². The van der Waals surface area contributed by atoms with Crippen molar-refractivity contribution in [3.63, 3.8) is 0 Å². The summed E-state index contributed by atoms with van der Waals surface area (Å²) in [5.74, 6) is 2.44. The van der Waals surface area contributed by atoms with E-state index in [1.807, 2.05) is 0 Å². The summed E-state index contributed by atoms with van der Waals surface area (Å²) in [6.45, 7) is 6.78. The van der Waals surface area contributed by atoms with Crippen LogP contribution in [0.1, 0.15) is 33.6 Å². The molecule has 0 spiro atoms. The van der Waals surface area contributed by atoms with Crippen molar-refractivity contribution in [1.29, 1.82) is 0 Å². The normalized spacial score (nSPS) is 14.3. The molecule has 1 atom stereocenters. The van der Waals surface area contributed by atoms with E-state index in [4.69, 9.17) is 11.6 Å². The van der Waals surface area contributed by atoms with Crippen LogP contribution in [0.25, 0.3) is 0 Å². The highest BCUT2D eigenvalue weighted by atomic mass is 35.5. The quantitative estimate of drug-likeness (QED) is 0.537. The molecule has 1 heteroatoms. The molecule has 9 heavy (non-hydrogen) atoms. The van der Waals surface area contributed by atoms with Gasteiger partial charge in [0.15, 0.2) is 0 Å². The Hall–Kier alpha value is 0.290. The first kappa shape index (κ1) is 9.29. The van der Waals surface area contributed by atoms with Gasteiger partial charge in [-0.05, 0) is 24.7 Å². The Bertz CT molecular complexity index is 59.6. The second-order valence-electron chi connectivity index (χ2n) is 3.21. The molecular formula is C8H17Cl. The minimum Gasteiger partial charge on any atom is -0.127 e. The molecule has 0 rings (SSSR count). The molecule has 0 aliphatic carbocycles. The first-order valence-electron chi connectivity index (χ1n) is 3.72. The van der Waals surface area contributed by atoms with E-state index in [0.29, 0.717) is 0 Å². The molecule has 0 heterocycles. The maximum Gasteiger partial charge on any atom is 0.0225 e. The molecule has 0 aromatic carbocycles. The third-order valence-electron chi connectivity index (χ3n) is 1.48. The zero-order chi connectivity index (χ0) is 7.28. The van der Waals surface area contributed by atoms with Crippen LogP contribution in [0.4, 0.5) is 0 Å². The Morgan fingerprint density at radius 1 is 1.22 bits per heavy atom. The van der Waals surface area contributed by atoms with E-state index >= 15 is 0 Å². The highest BCUT2D eigenvalue weighted by Gasteiger charge is 2.02. The maximum atomic E-state index is 5.58. The van der Waals surface area contributed by atoms with Crippen molar-refractivity contribution in [2.24, 2.45) is 11.8 Å². The van der Waals surface area contributed by atoms with Crippen LogP contribution in [0, 0.1) is 11.8 Å². The molecule has 0 aromatic heterocycles. The van der Waals surface area contributed by atoms with Crippen LogP contribution in [0.15, 0.2) is 0 Å². The lowest BCUT2D eigenvalue weighted by Crippen LogP contribution is -2.00. The van der Waals surface area contributed by atoms with Crippen LogP contribution in [0.3, 0.4) is 0 Å². The predicted molar refractivity (Wildman–Crippen MR) is 44.0 cm³/mol. The summed E-state index contributed by atoms with van der Waals surface area (Å²) in [6, 6.07) is 0. The zero-order valence-corrected chi connectivity index (χ0v) is 7.41. The van der Waals surface area contributed by atoms with Gasteiger partial charge in [0.25, 0.3) is 0 Å². The Morgan fingerprint density at radius 3 is 2.11 bits per heavy atom. The van der Waals surface area contributed by atoms with Crippen LogP contribution < -0.4 is 0 Å². The Kier molecular flexibility index (Phi) is 5.27. The van der Waals surface area contributed by atoms with Crippen LogP contribution in [-0.2, 0) is 0 Å². The predicted octanol–water partition coefficient (Wildman–Crippen LogP) is 3.30. The minimum atomic E-state index is 0.808. The molecule has 0 N–H and O–H groups in total. The SMILES string of the molecule is CC(C)CC(C)CCCl. The lowest BCUT2D eigenvalue weighted by Gasteiger charge is -2.10. The van der Waals surface area contributed by atoms with Gasteiger partial charge in [0.2, 0.25) is 0 Å². The van der Waals surface area contributed by atoms with Gasteiger partial charge >= 0.3 is 0 Å². The molecule has 0 bridgehead atoms. The van der Waals surface area contributed by atoms with Gasteiger partial charge in [-0.15, -0.1) is 11.6 Å². The number of hydrogen-bond acceptors (Lipinski definition) is 0. The Labute approximate surface area is 63.6 Å². The van der Waals surface area contributed by atoms with Gasteiger partial charge in [0, 0.05) is 5.88 Å². The van der Waals surface area contributed by atoms with E-state index in [9.17, 15) is 0 Å². The average Bonchev–Trinajstić information content (AvgIpc) is 1.63. The van der Waals surface area contributed by atoms with Crippen molar-refractivity contribution < 1.29 is 0 Å². The summed E-state index contributed by atoms with van der Waals surface area (Å²) in [5.41, 5.74) is 0. The Morgan fingerprint density at radius 2 is 1.78 bits per heavy atom. The van der Waals surface area contributed by atoms with E-state index in [1.54, 1.807) is 0 Å². The summed E-state index contributed by atoms with van der Waals surface area (Å²) >= 11 is 5.58. The number of alkyl halides is 1. The highest BCUT2D eigenvalue weighted by Crippen LogP contribution is 2.14. The number of hydrogen-bond donors (Lipinski definition) is 0. The van der Waals surface area contributed by atoms with Crippen molar-refractivity contribution in [3.05, 3.63) is 0 Å². The van der Waals surface area contributed by atoms with Gasteiger partial charge in [0.05, 0.1) is 0 Å². The molecule has 0 nitrogen and oxygen atoms in total. The summed E-state index contributed by atoms with van der Waals surface area (Å²) in [5, 5.41) is 0. The molecule has 0 radical (unpaired) electrons. The smallest absolute Gasteiger partial charge is 0.0225 e. The van der Waals surface area contributed by atoms with E-state index < -0.39 is 0 Å². The maximum absolute atomic E-state index is 5.58. The summed E-state index contributed by atoms with van der Waals surface area (Å²) < 4.78 is 0.